The zero-order valence-corrected chi connectivity index (χ0v) is 11.4. The van der Waals surface area contributed by atoms with E-state index in [0.717, 1.165) is 0 Å². The molecule has 0 aromatic heterocycles. The topological polar surface area (TPSA) is 0 Å². The van der Waals surface area contributed by atoms with Crippen LogP contribution >= 0.6 is 0 Å². The van der Waals surface area contributed by atoms with Crippen LogP contribution in [0.1, 0.15) is 69.9 Å². The summed E-state index contributed by atoms with van der Waals surface area (Å²) in [7, 11) is 0. The number of benzene rings is 1. The molecule has 92 valence electrons. The average molecular weight is 228 g/mol. The fraction of sp³-hybridized carbons (Fsp3) is 0.529. The lowest BCUT2D eigenvalue weighted by Gasteiger charge is -2.14. The molecule has 17 heavy (non-hydrogen) atoms. The molecular weight excluding hydrogens is 204 g/mol. The molecule has 0 heteroatoms. The highest BCUT2D eigenvalue weighted by atomic mass is 14.3. The SMILES string of the molecule is CCCC1=C(CCC)C(CC)c2ccccc21. The van der Waals surface area contributed by atoms with Crippen molar-refractivity contribution >= 4 is 5.57 Å². The predicted octanol–water partition coefficient (Wildman–Crippen LogP) is 5.55. The van der Waals surface area contributed by atoms with Gasteiger partial charge < -0.3 is 0 Å². The number of rotatable bonds is 5. The molecule has 0 saturated heterocycles. The largest absolute Gasteiger partial charge is 0.0651 e. The molecule has 0 aliphatic heterocycles. The maximum absolute atomic E-state index is 2.34. The van der Waals surface area contributed by atoms with Crippen molar-refractivity contribution in [2.45, 2.75) is 58.8 Å². The van der Waals surface area contributed by atoms with Crippen LogP contribution in [0.25, 0.3) is 5.57 Å². The van der Waals surface area contributed by atoms with E-state index in [1.807, 2.05) is 0 Å². The molecule has 0 saturated carbocycles. The summed E-state index contributed by atoms with van der Waals surface area (Å²) in [5, 5.41) is 0. The summed E-state index contributed by atoms with van der Waals surface area (Å²) in [5.41, 5.74) is 6.53. The van der Waals surface area contributed by atoms with Crippen molar-refractivity contribution in [3.8, 4) is 0 Å². The van der Waals surface area contributed by atoms with Crippen LogP contribution in [-0.4, -0.2) is 0 Å². The maximum Gasteiger partial charge on any atom is 0.00576 e. The van der Waals surface area contributed by atoms with Crippen LogP contribution in [0.15, 0.2) is 29.8 Å². The van der Waals surface area contributed by atoms with Gasteiger partial charge in [0.2, 0.25) is 0 Å². The van der Waals surface area contributed by atoms with Crippen molar-refractivity contribution in [2.24, 2.45) is 0 Å². The molecule has 1 atom stereocenters. The molecule has 2 rings (SSSR count). The fourth-order valence-electron chi connectivity index (χ4n) is 3.25. The van der Waals surface area contributed by atoms with E-state index in [1.54, 1.807) is 22.3 Å². The van der Waals surface area contributed by atoms with E-state index < -0.39 is 0 Å². The van der Waals surface area contributed by atoms with Crippen LogP contribution in [-0.2, 0) is 0 Å². The smallest absolute Gasteiger partial charge is 0.00576 e. The Morgan fingerprint density at radius 1 is 0.941 bits per heavy atom. The van der Waals surface area contributed by atoms with E-state index >= 15 is 0 Å². The lowest BCUT2D eigenvalue weighted by atomic mass is 9.90. The van der Waals surface area contributed by atoms with E-state index in [4.69, 9.17) is 0 Å². The number of fused-ring (bicyclic) bond motifs is 1. The van der Waals surface area contributed by atoms with E-state index in [9.17, 15) is 0 Å². The van der Waals surface area contributed by atoms with Crippen LogP contribution in [0.3, 0.4) is 0 Å². The Morgan fingerprint density at radius 3 is 2.29 bits per heavy atom. The van der Waals surface area contributed by atoms with E-state index in [-0.39, 0.29) is 0 Å². The summed E-state index contributed by atoms with van der Waals surface area (Å²) in [6.45, 7) is 6.91. The van der Waals surface area contributed by atoms with Crippen molar-refractivity contribution in [1.29, 1.82) is 0 Å². The summed E-state index contributed by atoms with van der Waals surface area (Å²) in [4.78, 5) is 0. The monoisotopic (exact) mass is 228 g/mol. The summed E-state index contributed by atoms with van der Waals surface area (Å²) in [6.07, 6.45) is 6.31. The number of allylic oxidation sites excluding steroid dienone is 2. The van der Waals surface area contributed by atoms with Gasteiger partial charge in [0, 0.05) is 5.92 Å². The van der Waals surface area contributed by atoms with Gasteiger partial charge in [0.1, 0.15) is 0 Å². The molecule has 0 N–H and O–H groups in total. The first-order valence-corrected chi connectivity index (χ1v) is 7.14. The first-order valence-electron chi connectivity index (χ1n) is 7.14. The Morgan fingerprint density at radius 2 is 1.65 bits per heavy atom. The standard InChI is InChI=1S/C17H24/c1-4-9-14-13(6-3)16-11-7-8-12-17(16)15(14)10-5-2/h7-8,11-13H,4-6,9-10H2,1-3H3. The van der Waals surface area contributed by atoms with Gasteiger partial charge in [-0.15, -0.1) is 0 Å². The zero-order valence-electron chi connectivity index (χ0n) is 11.4. The zero-order chi connectivity index (χ0) is 12.3. The molecule has 0 heterocycles. The van der Waals surface area contributed by atoms with Crippen LogP contribution in [0, 0.1) is 0 Å². The van der Waals surface area contributed by atoms with Crippen LogP contribution in [0.2, 0.25) is 0 Å². The molecule has 1 aromatic carbocycles. The van der Waals surface area contributed by atoms with Gasteiger partial charge in [-0.3, -0.25) is 0 Å². The Balaban J connectivity index is 2.47. The Bertz CT molecular complexity index is 412. The van der Waals surface area contributed by atoms with Crippen LogP contribution < -0.4 is 0 Å². The molecule has 1 aliphatic carbocycles. The predicted molar refractivity (Wildman–Crippen MR) is 76.2 cm³/mol. The van der Waals surface area contributed by atoms with Crippen LogP contribution in [0.4, 0.5) is 0 Å². The fourth-order valence-corrected chi connectivity index (χ4v) is 3.25. The molecule has 0 spiro atoms. The third-order valence-corrected chi connectivity index (χ3v) is 3.90. The van der Waals surface area contributed by atoms with Gasteiger partial charge in [-0.05, 0) is 36.0 Å². The van der Waals surface area contributed by atoms with Gasteiger partial charge in [0.05, 0.1) is 0 Å². The second-order valence-electron chi connectivity index (χ2n) is 5.05. The van der Waals surface area contributed by atoms with Crippen molar-refractivity contribution in [2.75, 3.05) is 0 Å². The summed E-state index contributed by atoms with van der Waals surface area (Å²) >= 11 is 0. The number of hydrogen-bond acceptors (Lipinski definition) is 0. The second-order valence-corrected chi connectivity index (χ2v) is 5.05. The Hall–Kier alpha value is -1.04. The third kappa shape index (κ3) is 2.18. The van der Waals surface area contributed by atoms with Crippen molar-refractivity contribution < 1.29 is 0 Å². The van der Waals surface area contributed by atoms with Gasteiger partial charge in [0.15, 0.2) is 0 Å². The summed E-state index contributed by atoms with van der Waals surface area (Å²) in [6, 6.07) is 9.05. The van der Waals surface area contributed by atoms with Crippen molar-refractivity contribution in [1.82, 2.24) is 0 Å². The highest BCUT2D eigenvalue weighted by Crippen LogP contribution is 2.46. The molecule has 1 aromatic rings. The van der Waals surface area contributed by atoms with E-state index in [0.29, 0.717) is 5.92 Å². The van der Waals surface area contributed by atoms with Gasteiger partial charge in [-0.25, -0.2) is 0 Å². The summed E-state index contributed by atoms with van der Waals surface area (Å²) in [5.74, 6) is 0.702. The lowest BCUT2D eigenvalue weighted by Crippen LogP contribution is -1.97. The summed E-state index contributed by atoms with van der Waals surface area (Å²) < 4.78 is 0. The van der Waals surface area contributed by atoms with E-state index in [2.05, 4.69) is 45.0 Å². The van der Waals surface area contributed by atoms with Gasteiger partial charge in [0.25, 0.3) is 0 Å². The maximum atomic E-state index is 2.34. The molecule has 1 unspecified atom stereocenters. The Labute approximate surface area is 106 Å². The third-order valence-electron chi connectivity index (χ3n) is 3.90. The Kier molecular flexibility index (Phi) is 4.04. The molecule has 1 aliphatic rings. The van der Waals surface area contributed by atoms with Crippen molar-refractivity contribution in [3.63, 3.8) is 0 Å². The highest BCUT2D eigenvalue weighted by molar-refractivity contribution is 5.78. The van der Waals surface area contributed by atoms with Crippen molar-refractivity contribution in [3.05, 3.63) is 41.0 Å². The molecule has 0 bridgehead atoms. The molecule has 0 fully saturated rings. The highest BCUT2D eigenvalue weighted by Gasteiger charge is 2.28. The van der Waals surface area contributed by atoms with Crippen LogP contribution in [0.5, 0.6) is 0 Å². The van der Waals surface area contributed by atoms with Gasteiger partial charge in [-0.2, -0.15) is 0 Å². The molecule has 0 nitrogen and oxygen atoms in total. The lowest BCUT2D eigenvalue weighted by molar-refractivity contribution is 0.718. The molecular formula is C17H24. The first kappa shape index (κ1) is 12.4. The van der Waals surface area contributed by atoms with E-state index in [1.165, 1.54) is 32.1 Å². The van der Waals surface area contributed by atoms with Gasteiger partial charge >= 0.3 is 0 Å². The second kappa shape index (κ2) is 5.53. The first-order chi connectivity index (χ1) is 8.33. The van der Waals surface area contributed by atoms with Gasteiger partial charge in [-0.1, -0.05) is 63.5 Å². The minimum absolute atomic E-state index is 0.702. The normalized spacial score (nSPS) is 18.6. The quantitative estimate of drug-likeness (QED) is 0.620. The molecule has 0 amide bonds. The number of hydrogen-bond donors (Lipinski definition) is 0. The minimum atomic E-state index is 0.702. The minimum Gasteiger partial charge on any atom is -0.0651 e. The average Bonchev–Trinajstić information content (AvgIpc) is 2.65. The molecule has 0 radical (unpaired) electrons.